The first-order valence-electron chi connectivity index (χ1n) is 5.10. The van der Waals surface area contributed by atoms with Crippen molar-refractivity contribution in [1.82, 2.24) is 9.61 Å². The molecule has 2 aromatic rings. The van der Waals surface area contributed by atoms with Crippen molar-refractivity contribution in [3.63, 3.8) is 0 Å². The Morgan fingerprint density at radius 2 is 2.00 bits per heavy atom. The SMILES string of the molecule is FC(F)(F)c1cc(C2CC2)cc2ccnn12. The zero-order valence-corrected chi connectivity index (χ0v) is 8.33. The van der Waals surface area contributed by atoms with Crippen LogP contribution in [-0.2, 0) is 6.18 Å². The molecule has 1 aliphatic rings. The number of hydrogen-bond donors (Lipinski definition) is 0. The fraction of sp³-hybridized carbons (Fsp3) is 0.364. The molecule has 16 heavy (non-hydrogen) atoms. The van der Waals surface area contributed by atoms with Crippen LogP contribution in [0.4, 0.5) is 13.2 Å². The molecule has 0 aromatic carbocycles. The lowest BCUT2D eigenvalue weighted by molar-refractivity contribution is -0.142. The average Bonchev–Trinajstić information content (AvgIpc) is 2.94. The molecule has 2 nitrogen and oxygen atoms in total. The molecule has 0 atom stereocenters. The molecule has 0 radical (unpaired) electrons. The van der Waals surface area contributed by atoms with Crippen molar-refractivity contribution < 1.29 is 13.2 Å². The van der Waals surface area contributed by atoms with Crippen LogP contribution >= 0.6 is 0 Å². The number of rotatable bonds is 1. The molecule has 0 spiro atoms. The summed E-state index contributed by atoms with van der Waals surface area (Å²) in [5.74, 6) is 0.306. The highest BCUT2D eigenvalue weighted by atomic mass is 19.4. The Kier molecular flexibility index (Phi) is 1.81. The van der Waals surface area contributed by atoms with E-state index in [4.69, 9.17) is 0 Å². The normalized spacial score (nSPS) is 16.9. The van der Waals surface area contributed by atoms with E-state index in [9.17, 15) is 13.2 Å². The summed E-state index contributed by atoms with van der Waals surface area (Å²) >= 11 is 0. The highest BCUT2D eigenvalue weighted by Crippen LogP contribution is 2.42. The van der Waals surface area contributed by atoms with Crippen LogP contribution in [0.1, 0.15) is 30.0 Å². The molecule has 0 saturated heterocycles. The summed E-state index contributed by atoms with van der Waals surface area (Å²) in [6, 6.07) is 4.61. The van der Waals surface area contributed by atoms with Gasteiger partial charge in [-0.15, -0.1) is 0 Å². The van der Waals surface area contributed by atoms with E-state index in [1.165, 1.54) is 12.3 Å². The molecule has 0 unspecified atom stereocenters. The molecule has 5 heteroatoms. The molecule has 0 amide bonds. The number of nitrogens with zero attached hydrogens (tertiary/aromatic N) is 2. The van der Waals surface area contributed by atoms with Crippen LogP contribution in [0.25, 0.3) is 5.52 Å². The van der Waals surface area contributed by atoms with Gasteiger partial charge in [0.25, 0.3) is 0 Å². The number of aromatic nitrogens is 2. The van der Waals surface area contributed by atoms with Gasteiger partial charge in [-0.3, -0.25) is 0 Å². The predicted molar refractivity (Wildman–Crippen MR) is 52.2 cm³/mol. The van der Waals surface area contributed by atoms with Gasteiger partial charge in [-0.05, 0) is 42.5 Å². The van der Waals surface area contributed by atoms with Crippen molar-refractivity contribution >= 4 is 5.52 Å². The molecule has 2 aromatic heterocycles. The van der Waals surface area contributed by atoms with Crippen molar-refractivity contribution in [3.05, 3.63) is 35.7 Å². The van der Waals surface area contributed by atoms with Gasteiger partial charge < -0.3 is 0 Å². The summed E-state index contributed by atoms with van der Waals surface area (Å²) in [5.41, 5.74) is 0.606. The van der Waals surface area contributed by atoms with E-state index in [-0.39, 0.29) is 0 Å². The fourth-order valence-corrected chi connectivity index (χ4v) is 1.91. The fourth-order valence-electron chi connectivity index (χ4n) is 1.91. The third kappa shape index (κ3) is 1.47. The Morgan fingerprint density at radius 3 is 2.62 bits per heavy atom. The molecule has 0 bridgehead atoms. The third-order valence-corrected chi connectivity index (χ3v) is 2.86. The van der Waals surface area contributed by atoms with E-state index < -0.39 is 11.9 Å². The molecule has 0 aliphatic heterocycles. The largest absolute Gasteiger partial charge is 0.433 e. The first-order valence-corrected chi connectivity index (χ1v) is 5.10. The second-order valence-corrected chi connectivity index (χ2v) is 4.11. The number of halogens is 3. The van der Waals surface area contributed by atoms with E-state index in [1.807, 2.05) is 0 Å². The minimum atomic E-state index is -4.35. The number of pyridine rings is 1. The van der Waals surface area contributed by atoms with Gasteiger partial charge in [-0.2, -0.15) is 18.3 Å². The monoisotopic (exact) mass is 226 g/mol. The maximum atomic E-state index is 12.8. The maximum Gasteiger partial charge on any atom is 0.433 e. The summed E-state index contributed by atoms with van der Waals surface area (Å²) in [5, 5.41) is 3.70. The topological polar surface area (TPSA) is 17.3 Å². The molecule has 3 rings (SSSR count). The Morgan fingerprint density at radius 1 is 1.25 bits per heavy atom. The zero-order chi connectivity index (χ0) is 11.3. The first kappa shape index (κ1) is 9.69. The van der Waals surface area contributed by atoms with E-state index in [0.717, 1.165) is 22.9 Å². The average molecular weight is 226 g/mol. The van der Waals surface area contributed by atoms with Crippen LogP contribution < -0.4 is 0 Å². The number of alkyl halides is 3. The van der Waals surface area contributed by atoms with Gasteiger partial charge in [0.1, 0.15) is 5.69 Å². The summed E-state index contributed by atoms with van der Waals surface area (Å²) in [4.78, 5) is 0. The highest BCUT2D eigenvalue weighted by molar-refractivity contribution is 5.51. The van der Waals surface area contributed by atoms with E-state index >= 15 is 0 Å². The molecule has 0 N–H and O–H groups in total. The predicted octanol–water partition coefficient (Wildman–Crippen LogP) is 3.23. The Labute approximate surface area is 89.7 Å². The summed E-state index contributed by atoms with van der Waals surface area (Å²) < 4.78 is 39.3. The van der Waals surface area contributed by atoms with Crippen molar-refractivity contribution in [2.75, 3.05) is 0 Å². The summed E-state index contributed by atoms with van der Waals surface area (Å²) in [6.45, 7) is 0. The molecule has 1 aliphatic carbocycles. The van der Waals surface area contributed by atoms with E-state index in [2.05, 4.69) is 5.10 Å². The smallest absolute Gasteiger partial charge is 0.229 e. The molecule has 2 heterocycles. The van der Waals surface area contributed by atoms with Crippen LogP contribution in [0.5, 0.6) is 0 Å². The summed E-state index contributed by atoms with van der Waals surface area (Å²) in [6.07, 6.45) is -0.986. The van der Waals surface area contributed by atoms with Gasteiger partial charge in [0.2, 0.25) is 0 Å². The Hall–Kier alpha value is -1.52. The molecule has 84 valence electrons. The number of hydrogen-bond acceptors (Lipinski definition) is 1. The van der Waals surface area contributed by atoms with Crippen molar-refractivity contribution in [1.29, 1.82) is 0 Å². The van der Waals surface area contributed by atoms with Crippen LogP contribution in [0.2, 0.25) is 0 Å². The molecular formula is C11H9F3N2. The van der Waals surface area contributed by atoms with Gasteiger partial charge in [0.05, 0.1) is 5.52 Å². The third-order valence-electron chi connectivity index (χ3n) is 2.86. The second-order valence-electron chi connectivity index (χ2n) is 4.11. The highest BCUT2D eigenvalue weighted by Gasteiger charge is 2.36. The maximum absolute atomic E-state index is 12.8. The number of fused-ring (bicyclic) bond motifs is 1. The minimum absolute atomic E-state index is 0.306. The van der Waals surface area contributed by atoms with Gasteiger partial charge in [0, 0.05) is 6.20 Å². The van der Waals surface area contributed by atoms with Crippen LogP contribution in [0.15, 0.2) is 24.4 Å². The quantitative estimate of drug-likeness (QED) is 0.729. The van der Waals surface area contributed by atoms with Crippen LogP contribution in [-0.4, -0.2) is 9.61 Å². The van der Waals surface area contributed by atoms with Crippen molar-refractivity contribution in [3.8, 4) is 0 Å². The van der Waals surface area contributed by atoms with Gasteiger partial charge in [0.15, 0.2) is 0 Å². The van der Waals surface area contributed by atoms with E-state index in [0.29, 0.717) is 11.4 Å². The standard InChI is InChI=1S/C11H9F3N2/c12-11(13,14)10-6-8(7-1-2-7)5-9-3-4-15-16(9)10/h3-7H,1-2H2. The molecule has 1 fully saturated rings. The summed E-state index contributed by atoms with van der Waals surface area (Å²) in [7, 11) is 0. The van der Waals surface area contributed by atoms with Crippen molar-refractivity contribution in [2.24, 2.45) is 0 Å². The van der Waals surface area contributed by atoms with Crippen LogP contribution in [0.3, 0.4) is 0 Å². The zero-order valence-electron chi connectivity index (χ0n) is 8.33. The Bertz CT molecular complexity index is 538. The molecular weight excluding hydrogens is 217 g/mol. The lowest BCUT2D eigenvalue weighted by Gasteiger charge is -2.11. The lowest BCUT2D eigenvalue weighted by Crippen LogP contribution is -2.12. The van der Waals surface area contributed by atoms with Gasteiger partial charge >= 0.3 is 6.18 Å². The lowest BCUT2D eigenvalue weighted by atomic mass is 10.1. The van der Waals surface area contributed by atoms with Gasteiger partial charge in [-0.25, -0.2) is 4.52 Å². The van der Waals surface area contributed by atoms with E-state index in [1.54, 1.807) is 12.1 Å². The first-order chi connectivity index (χ1) is 7.55. The van der Waals surface area contributed by atoms with Crippen molar-refractivity contribution in [2.45, 2.75) is 24.9 Å². The Balaban J connectivity index is 2.26. The van der Waals surface area contributed by atoms with Gasteiger partial charge in [-0.1, -0.05) is 0 Å². The van der Waals surface area contributed by atoms with Crippen LogP contribution in [0, 0.1) is 0 Å². The molecule has 1 saturated carbocycles. The second kappa shape index (κ2) is 2.99. The minimum Gasteiger partial charge on any atom is -0.229 e.